The maximum absolute atomic E-state index is 14.1. The number of esters is 1. The SMILES string of the molecule is CC(C)=CC(OC(=O)C(F)(F)F)n1c(SC2CCC(CN)CC2)nc2c1c(=O)n(Cc1nc3cc(F)ccc3s1)c(=O)n2C. The van der Waals surface area contributed by atoms with Crippen LogP contribution in [-0.4, -0.2) is 47.6 Å². The van der Waals surface area contributed by atoms with Crippen LogP contribution < -0.4 is 17.0 Å². The number of hydrogen-bond acceptors (Lipinski definition) is 9. The molecule has 2 N–H and O–H groups in total. The van der Waals surface area contributed by atoms with Crippen molar-refractivity contribution in [2.45, 2.75) is 68.9 Å². The summed E-state index contributed by atoms with van der Waals surface area (Å²) in [5.74, 6) is -2.56. The molecule has 0 bridgehead atoms. The molecule has 0 aliphatic heterocycles. The van der Waals surface area contributed by atoms with Crippen molar-refractivity contribution >= 4 is 50.4 Å². The number of imidazole rings is 1. The second-order valence-corrected chi connectivity index (χ2v) is 13.3. The van der Waals surface area contributed by atoms with Crippen LogP contribution in [0.3, 0.4) is 0 Å². The molecule has 5 rings (SSSR count). The Morgan fingerprint density at radius 2 is 1.91 bits per heavy atom. The van der Waals surface area contributed by atoms with Crippen molar-refractivity contribution in [3.8, 4) is 0 Å². The molecule has 236 valence electrons. The molecular formula is C28H30F4N6O4S2. The van der Waals surface area contributed by atoms with Crippen LogP contribution in [0.4, 0.5) is 17.6 Å². The van der Waals surface area contributed by atoms with Gasteiger partial charge in [0.1, 0.15) is 10.8 Å². The predicted octanol–water partition coefficient (Wildman–Crippen LogP) is 4.87. The fourth-order valence-corrected chi connectivity index (χ4v) is 7.38. The lowest BCUT2D eigenvalue weighted by atomic mass is 9.89. The Bertz CT molecular complexity index is 1860. The van der Waals surface area contributed by atoms with Gasteiger partial charge in [-0.25, -0.2) is 23.9 Å². The van der Waals surface area contributed by atoms with Gasteiger partial charge in [0.05, 0.1) is 16.8 Å². The smallest absolute Gasteiger partial charge is 0.431 e. The summed E-state index contributed by atoms with van der Waals surface area (Å²) in [6.07, 6.45) is -2.47. The van der Waals surface area contributed by atoms with Crippen LogP contribution in [-0.2, 0) is 23.1 Å². The van der Waals surface area contributed by atoms with Crippen LogP contribution in [0.25, 0.3) is 21.4 Å². The molecule has 0 saturated heterocycles. The van der Waals surface area contributed by atoms with Gasteiger partial charge in [0, 0.05) is 18.4 Å². The molecule has 16 heteroatoms. The molecule has 0 amide bonds. The maximum Gasteiger partial charge on any atom is 0.491 e. The molecule has 44 heavy (non-hydrogen) atoms. The fraction of sp³-hybridized carbons (Fsp3) is 0.464. The number of carbonyl (C=O) groups is 1. The number of thioether (sulfide) groups is 1. The third-order valence-electron chi connectivity index (χ3n) is 7.42. The van der Waals surface area contributed by atoms with Crippen LogP contribution in [0.2, 0.25) is 0 Å². The summed E-state index contributed by atoms with van der Waals surface area (Å²) in [5, 5.41) is 0.473. The molecule has 0 radical (unpaired) electrons. The minimum atomic E-state index is -5.29. The van der Waals surface area contributed by atoms with Gasteiger partial charge in [0.2, 0.25) is 6.23 Å². The molecule has 10 nitrogen and oxygen atoms in total. The average molecular weight is 655 g/mol. The van der Waals surface area contributed by atoms with E-state index in [9.17, 15) is 31.9 Å². The number of nitrogens with zero attached hydrogens (tertiary/aromatic N) is 5. The Kier molecular flexibility index (Phi) is 9.05. The summed E-state index contributed by atoms with van der Waals surface area (Å²) in [5.41, 5.74) is 4.82. The number of allylic oxidation sites excluding steroid dienone is 1. The average Bonchev–Trinajstić information content (AvgIpc) is 3.54. The van der Waals surface area contributed by atoms with Crippen molar-refractivity contribution in [2.75, 3.05) is 6.54 Å². The van der Waals surface area contributed by atoms with Crippen molar-refractivity contribution < 1.29 is 27.1 Å². The Hall–Kier alpha value is -3.50. The summed E-state index contributed by atoms with van der Waals surface area (Å²) >= 11 is 2.42. The molecule has 4 aromatic rings. The first-order valence-corrected chi connectivity index (χ1v) is 15.5. The van der Waals surface area contributed by atoms with E-state index in [1.165, 1.54) is 54.4 Å². The number of fused-ring (bicyclic) bond motifs is 2. The Morgan fingerprint density at radius 3 is 2.55 bits per heavy atom. The summed E-state index contributed by atoms with van der Waals surface area (Å²) in [6, 6.07) is 4.04. The lowest BCUT2D eigenvalue weighted by Crippen LogP contribution is -2.40. The normalized spacial score (nSPS) is 18.1. The Balaban J connectivity index is 1.68. The van der Waals surface area contributed by atoms with Crippen molar-refractivity contribution in [3.63, 3.8) is 0 Å². The van der Waals surface area contributed by atoms with Crippen molar-refractivity contribution in [2.24, 2.45) is 18.7 Å². The van der Waals surface area contributed by atoms with Gasteiger partial charge in [-0.1, -0.05) is 17.3 Å². The zero-order chi connectivity index (χ0) is 31.9. The number of benzene rings is 1. The van der Waals surface area contributed by atoms with Gasteiger partial charge in [-0.05, 0) is 70.2 Å². The van der Waals surface area contributed by atoms with E-state index in [0.717, 1.165) is 39.4 Å². The Morgan fingerprint density at radius 1 is 1.20 bits per heavy atom. The molecule has 1 saturated carbocycles. The minimum Gasteiger partial charge on any atom is -0.431 e. The Labute approximate surface area is 256 Å². The number of aromatic nitrogens is 5. The lowest BCUT2D eigenvalue weighted by Gasteiger charge is -2.27. The van der Waals surface area contributed by atoms with Crippen molar-refractivity contribution in [1.29, 1.82) is 0 Å². The molecule has 0 spiro atoms. The fourth-order valence-electron chi connectivity index (χ4n) is 5.19. The molecule has 3 heterocycles. The second kappa shape index (κ2) is 12.5. The van der Waals surface area contributed by atoms with Crippen molar-refractivity contribution in [3.05, 3.63) is 61.5 Å². The second-order valence-electron chi connectivity index (χ2n) is 10.9. The van der Waals surface area contributed by atoms with Gasteiger partial charge in [-0.2, -0.15) is 13.2 Å². The van der Waals surface area contributed by atoms with E-state index in [0.29, 0.717) is 33.3 Å². The van der Waals surface area contributed by atoms with Gasteiger partial charge >= 0.3 is 17.8 Å². The van der Waals surface area contributed by atoms with Gasteiger partial charge in [0.15, 0.2) is 16.3 Å². The van der Waals surface area contributed by atoms with Crippen LogP contribution in [0.1, 0.15) is 50.8 Å². The summed E-state index contributed by atoms with van der Waals surface area (Å²) in [7, 11) is 1.39. The topological polar surface area (TPSA) is 127 Å². The van der Waals surface area contributed by atoms with E-state index in [4.69, 9.17) is 10.5 Å². The summed E-state index contributed by atoms with van der Waals surface area (Å²) in [4.78, 5) is 48.5. The number of thiazole rings is 1. The highest BCUT2D eigenvalue weighted by atomic mass is 32.2. The number of carbonyl (C=O) groups excluding carboxylic acids is 1. The summed E-state index contributed by atoms with van der Waals surface area (Å²) in [6.45, 7) is 3.49. The largest absolute Gasteiger partial charge is 0.491 e. The van der Waals surface area contributed by atoms with Gasteiger partial charge in [-0.15, -0.1) is 11.3 Å². The third kappa shape index (κ3) is 6.47. The zero-order valence-electron chi connectivity index (χ0n) is 24.1. The van der Waals surface area contributed by atoms with E-state index in [2.05, 4.69) is 9.97 Å². The van der Waals surface area contributed by atoms with E-state index >= 15 is 0 Å². The summed E-state index contributed by atoms with van der Waals surface area (Å²) < 4.78 is 62.7. The molecule has 1 aliphatic rings. The molecule has 1 atom stereocenters. The quantitative estimate of drug-likeness (QED) is 0.162. The third-order valence-corrected chi connectivity index (χ3v) is 9.74. The predicted molar refractivity (Wildman–Crippen MR) is 159 cm³/mol. The number of hydrogen-bond donors (Lipinski definition) is 1. The number of aryl methyl sites for hydroxylation is 1. The first kappa shape index (κ1) is 31.9. The highest BCUT2D eigenvalue weighted by Gasteiger charge is 2.43. The number of ether oxygens (including phenoxy) is 1. The molecule has 1 aromatic carbocycles. The van der Waals surface area contributed by atoms with Gasteiger partial charge < -0.3 is 10.5 Å². The molecule has 3 aromatic heterocycles. The minimum absolute atomic E-state index is 0.00132. The molecule has 1 unspecified atom stereocenters. The molecule has 1 fully saturated rings. The van der Waals surface area contributed by atoms with Crippen molar-refractivity contribution in [1.82, 2.24) is 23.7 Å². The van der Waals surface area contributed by atoms with Crippen LogP contribution in [0, 0.1) is 11.7 Å². The zero-order valence-corrected chi connectivity index (χ0v) is 25.7. The molecular weight excluding hydrogens is 624 g/mol. The van der Waals surface area contributed by atoms with E-state index in [-0.39, 0.29) is 28.1 Å². The van der Waals surface area contributed by atoms with Gasteiger partial charge in [0.25, 0.3) is 5.56 Å². The van der Waals surface area contributed by atoms with Crippen LogP contribution in [0.15, 0.2) is 44.6 Å². The first-order chi connectivity index (χ1) is 20.8. The standard InChI is InChI=1S/C28H30F4N6O4S2/c1-14(2)10-21(42-25(40)28(30,31)32)38-22-23(35-26(38)43-17-7-4-15(12-33)5-8-17)36(3)27(41)37(24(22)39)13-20-34-18-11-16(29)6-9-19(18)44-20/h6,9-11,15,17,21H,4-5,7-8,12-13,33H2,1-3H3. The van der Waals surface area contributed by atoms with Crippen LogP contribution >= 0.6 is 23.1 Å². The maximum atomic E-state index is 14.1. The highest BCUT2D eigenvalue weighted by molar-refractivity contribution is 7.99. The molecule has 1 aliphatic carbocycles. The highest BCUT2D eigenvalue weighted by Crippen LogP contribution is 2.38. The van der Waals surface area contributed by atoms with E-state index in [1.54, 1.807) is 13.8 Å². The number of nitrogens with two attached hydrogens (primary N) is 1. The van der Waals surface area contributed by atoms with Crippen LogP contribution in [0.5, 0.6) is 0 Å². The monoisotopic (exact) mass is 654 g/mol. The number of halogens is 4. The number of alkyl halides is 3. The first-order valence-electron chi connectivity index (χ1n) is 13.8. The van der Waals surface area contributed by atoms with E-state index < -0.39 is 35.4 Å². The number of rotatable bonds is 8. The van der Waals surface area contributed by atoms with E-state index in [1.807, 2.05) is 0 Å². The lowest BCUT2D eigenvalue weighted by molar-refractivity contribution is -0.206. The van der Waals surface area contributed by atoms with Gasteiger partial charge in [-0.3, -0.25) is 18.5 Å².